The first kappa shape index (κ1) is 19.1. The molecule has 2 aromatic carbocycles. The van der Waals surface area contributed by atoms with Crippen LogP contribution < -0.4 is 4.74 Å². The first-order valence-corrected chi connectivity index (χ1v) is 9.19. The average Bonchev–Trinajstić information content (AvgIpc) is 3.07. The minimum Gasteiger partial charge on any atom is -0.489 e. The van der Waals surface area contributed by atoms with Crippen molar-refractivity contribution in [2.24, 2.45) is 0 Å². The molecule has 1 aromatic heterocycles. The lowest BCUT2D eigenvalue weighted by Crippen LogP contribution is -2.12. The van der Waals surface area contributed by atoms with Crippen molar-refractivity contribution in [2.75, 3.05) is 6.61 Å². The zero-order chi connectivity index (χ0) is 19.1. The molecule has 27 heavy (non-hydrogen) atoms. The molecule has 0 saturated carbocycles. The monoisotopic (exact) mass is 367 g/mol. The third-order valence-electron chi connectivity index (χ3n) is 4.38. The highest BCUT2D eigenvalue weighted by molar-refractivity contribution is 5.63. The molecule has 0 fully saturated rings. The van der Waals surface area contributed by atoms with E-state index >= 15 is 0 Å². The number of ether oxygens (including phenoxy) is 2. The predicted octanol–water partition coefficient (Wildman–Crippen LogP) is 4.52. The van der Waals surface area contributed by atoms with Crippen LogP contribution in [0.15, 0.2) is 59.1 Å². The molecule has 1 heterocycles. The largest absolute Gasteiger partial charge is 0.489 e. The summed E-state index contributed by atoms with van der Waals surface area (Å²) < 4.78 is 16.4. The summed E-state index contributed by atoms with van der Waals surface area (Å²) in [6.45, 7) is 4.67. The number of benzene rings is 2. The Kier molecular flexibility index (Phi) is 6.63. The van der Waals surface area contributed by atoms with E-state index in [2.05, 4.69) is 5.16 Å². The molecule has 1 N–H and O–H groups in total. The molecule has 0 bridgehead atoms. The Hall–Kier alpha value is -2.63. The number of hydrogen-bond donors (Lipinski definition) is 1. The summed E-state index contributed by atoms with van der Waals surface area (Å²) in [5.41, 5.74) is 3.91. The molecule has 5 heteroatoms. The van der Waals surface area contributed by atoms with Crippen LogP contribution in [0.5, 0.6) is 5.75 Å². The van der Waals surface area contributed by atoms with Crippen LogP contribution in [-0.4, -0.2) is 23.2 Å². The van der Waals surface area contributed by atoms with Gasteiger partial charge in [0.25, 0.3) is 0 Å². The lowest BCUT2D eigenvalue weighted by Gasteiger charge is -2.11. The van der Waals surface area contributed by atoms with Gasteiger partial charge in [-0.25, -0.2) is 0 Å². The summed E-state index contributed by atoms with van der Waals surface area (Å²) in [6, 6.07) is 17.8. The lowest BCUT2D eigenvalue weighted by atomic mass is 10.1. The van der Waals surface area contributed by atoms with Crippen LogP contribution >= 0.6 is 0 Å². The van der Waals surface area contributed by atoms with E-state index in [1.807, 2.05) is 68.4 Å². The van der Waals surface area contributed by atoms with E-state index in [-0.39, 0.29) is 0 Å². The molecule has 5 nitrogen and oxygen atoms in total. The first-order valence-electron chi connectivity index (χ1n) is 9.19. The van der Waals surface area contributed by atoms with Crippen molar-refractivity contribution < 1.29 is 19.1 Å². The fourth-order valence-electron chi connectivity index (χ4n) is 2.86. The number of aromatic nitrogens is 1. The van der Waals surface area contributed by atoms with Gasteiger partial charge in [0.2, 0.25) is 0 Å². The van der Waals surface area contributed by atoms with E-state index in [9.17, 15) is 5.11 Å². The van der Waals surface area contributed by atoms with Gasteiger partial charge in [0, 0.05) is 18.6 Å². The fraction of sp³-hybridized carbons (Fsp3) is 0.318. The van der Waals surface area contributed by atoms with Crippen molar-refractivity contribution in [1.29, 1.82) is 0 Å². The molecule has 0 amide bonds. The topological polar surface area (TPSA) is 64.7 Å². The van der Waals surface area contributed by atoms with Crippen molar-refractivity contribution >= 4 is 0 Å². The Morgan fingerprint density at radius 2 is 1.81 bits per heavy atom. The summed E-state index contributed by atoms with van der Waals surface area (Å²) in [5, 5.41) is 13.8. The number of aliphatic hydroxyl groups excluding tert-OH is 1. The fourth-order valence-corrected chi connectivity index (χ4v) is 2.86. The van der Waals surface area contributed by atoms with Crippen molar-refractivity contribution in [3.05, 3.63) is 71.5 Å². The van der Waals surface area contributed by atoms with Crippen molar-refractivity contribution in [3.63, 3.8) is 0 Å². The van der Waals surface area contributed by atoms with Crippen LogP contribution in [0.2, 0.25) is 0 Å². The standard InChI is InChI=1S/C22H25NO4/c1-3-25-21(24)14-11-17-9-12-19(13-10-17)26-15-20-16(2)27-23-22(20)18-7-5-4-6-8-18/h4-10,12-13,21,24H,3,11,14-15H2,1-2H3/t21-/m0/s1. The number of nitrogens with zero attached hydrogens (tertiary/aromatic N) is 1. The molecular formula is C22H25NO4. The highest BCUT2D eigenvalue weighted by atomic mass is 16.6. The number of aliphatic hydroxyl groups is 1. The van der Waals surface area contributed by atoms with Gasteiger partial charge in [-0.05, 0) is 38.0 Å². The molecule has 0 spiro atoms. The van der Waals surface area contributed by atoms with E-state index in [0.29, 0.717) is 19.6 Å². The highest BCUT2D eigenvalue weighted by Crippen LogP contribution is 2.26. The summed E-state index contributed by atoms with van der Waals surface area (Å²) in [4.78, 5) is 0. The van der Waals surface area contributed by atoms with E-state index in [1.54, 1.807) is 0 Å². The van der Waals surface area contributed by atoms with Gasteiger partial charge in [0.1, 0.15) is 23.8 Å². The molecule has 3 rings (SSSR count). The van der Waals surface area contributed by atoms with Gasteiger partial charge >= 0.3 is 0 Å². The minimum absolute atomic E-state index is 0.391. The molecule has 142 valence electrons. The Balaban J connectivity index is 1.60. The normalized spacial score (nSPS) is 12.1. The van der Waals surface area contributed by atoms with Crippen LogP contribution in [0, 0.1) is 6.92 Å². The Morgan fingerprint density at radius 3 is 2.52 bits per heavy atom. The summed E-state index contributed by atoms with van der Waals surface area (Å²) in [5.74, 6) is 1.54. The van der Waals surface area contributed by atoms with E-state index in [4.69, 9.17) is 14.0 Å². The van der Waals surface area contributed by atoms with E-state index in [1.165, 1.54) is 0 Å². The Morgan fingerprint density at radius 1 is 1.07 bits per heavy atom. The molecule has 0 saturated heterocycles. The number of hydrogen-bond acceptors (Lipinski definition) is 5. The Labute approximate surface area is 159 Å². The first-order chi connectivity index (χ1) is 13.2. The van der Waals surface area contributed by atoms with Gasteiger partial charge < -0.3 is 19.1 Å². The second-order valence-electron chi connectivity index (χ2n) is 6.31. The molecule has 0 aliphatic rings. The number of rotatable bonds is 9. The second-order valence-corrected chi connectivity index (χ2v) is 6.31. The SMILES string of the molecule is CCO[C@H](O)CCc1ccc(OCc2c(-c3ccccc3)noc2C)cc1. The van der Waals surface area contributed by atoms with Gasteiger partial charge in [-0.1, -0.05) is 47.6 Å². The molecule has 3 aromatic rings. The zero-order valence-corrected chi connectivity index (χ0v) is 15.7. The van der Waals surface area contributed by atoms with Crippen LogP contribution in [-0.2, 0) is 17.8 Å². The maximum absolute atomic E-state index is 9.64. The van der Waals surface area contributed by atoms with E-state index in [0.717, 1.165) is 40.3 Å². The maximum Gasteiger partial charge on any atom is 0.154 e. The molecule has 0 unspecified atom stereocenters. The molecule has 0 radical (unpaired) electrons. The van der Waals surface area contributed by atoms with Crippen LogP contribution in [0.3, 0.4) is 0 Å². The molecule has 0 aliphatic carbocycles. The quantitative estimate of drug-likeness (QED) is 0.564. The van der Waals surface area contributed by atoms with Crippen molar-refractivity contribution in [2.45, 2.75) is 39.6 Å². The lowest BCUT2D eigenvalue weighted by molar-refractivity contribution is -0.0980. The van der Waals surface area contributed by atoms with E-state index < -0.39 is 6.29 Å². The zero-order valence-electron chi connectivity index (χ0n) is 15.7. The highest BCUT2D eigenvalue weighted by Gasteiger charge is 2.15. The van der Waals surface area contributed by atoms with Gasteiger partial charge in [-0.2, -0.15) is 0 Å². The smallest absolute Gasteiger partial charge is 0.154 e. The third-order valence-corrected chi connectivity index (χ3v) is 4.38. The summed E-state index contributed by atoms with van der Waals surface area (Å²) in [7, 11) is 0. The average molecular weight is 367 g/mol. The molecule has 1 atom stereocenters. The second kappa shape index (κ2) is 9.35. The van der Waals surface area contributed by atoms with Crippen molar-refractivity contribution in [1.82, 2.24) is 5.16 Å². The number of aryl methyl sites for hydroxylation is 2. The van der Waals surface area contributed by atoms with Gasteiger partial charge in [-0.3, -0.25) is 0 Å². The summed E-state index contributed by atoms with van der Waals surface area (Å²) in [6.07, 6.45) is 0.623. The van der Waals surface area contributed by atoms with Gasteiger partial charge in [-0.15, -0.1) is 0 Å². The molecule has 0 aliphatic heterocycles. The van der Waals surface area contributed by atoms with Gasteiger partial charge in [0.05, 0.1) is 5.56 Å². The molecular weight excluding hydrogens is 342 g/mol. The minimum atomic E-state index is -0.709. The van der Waals surface area contributed by atoms with Crippen LogP contribution in [0.4, 0.5) is 0 Å². The van der Waals surface area contributed by atoms with Gasteiger partial charge in [0.15, 0.2) is 6.29 Å². The predicted molar refractivity (Wildman–Crippen MR) is 103 cm³/mol. The maximum atomic E-state index is 9.64. The summed E-state index contributed by atoms with van der Waals surface area (Å²) >= 11 is 0. The third kappa shape index (κ3) is 5.18. The Bertz CT molecular complexity index is 827. The van der Waals surface area contributed by atoms with Crippen molar-refractivity contribution in [3.8, 4) is 17.0 Å². The van der Waals surface area contributed by atoms with Crippen LogP contribution in [0.25, 0.3) is 11.3 Å². The van der Waals surface area contributed by atoms with Crippen LogP contribution in [0.1, 0.15) is 30.2 Å².